The summed E-state index contributed by atoms with van der Waals surface area (Å²) in [5, 5.41) is -2.33. The summed E-state index contributed by atoms with van der Waals surface area (Å²) in [6.45, 7) is 1.31. The van der Waals surface area contributed by atoms with Crippen molar-refractivity contribution in [1.29, 1.82) is 0 Å². The highest BCUT2D eigenvalue weighted by Crippen LogP contribution is 2.39. The normalized spacial score (nSPS) is 20.3. The average molecular weight is 734 g/mol. The van der Waals surface area contributed by atoms with E-state index in [0.717, 1.165) is 30.7 Å². The standard InChI is InChI=1S/C38H39NO10S2/c1-27(40)39(51(43,44)31-21-13-6-14-22-31)36-35(50-38(42)37(41)45-2)34(48-25-30-19-11-5-12-20-30)33(47-24-29-17-9-4-10-18-29)32(49-36)26-46-23-28-15-7-3-8-16-28/h3-22,32-36H,23-26H2,1-2H3/t32-,33-,34+,35-,36+/m1/s1. The first kappa shape index (κ1) is 37.9. The largest absolute Gasteiger partial charge is 0.463 e. The first-order chi connectivity index (χ1) is 24.7. The van der Waals surface area contributed by atoms with E-state index < -0.39 is 56.8 Å². The van der Waals surface area contributed by atoms with E-state index in [4.69, 9.17) is 23.7 Å². The molecule has 11 nitrogen and oxygen atoms in total. The van der Waals surface area contributed by atoms with Crippen LogP contribution in [0.5, 0.6) is 0 Å². The lowest BCUT2D eigenvalue weighted by molar-refractivity contribution is -0.233. The molecule has 0 radical (unpaired) electrons. The molecule has 13 heteroatoms. The number of nitrogens with zero attached hydrogens (tertiary/aromatic N) is 1. The summed E-state index contributed by atoms with van der Waals surface area (Å²) in [5.74, 6) is -2.05. The van der Waals surface area contributed by atoms with Gasteiger partial charge in [0.2, 0.25) is 5.91 Å². The summed E-state index contributed by atoms with van der Waals surface area (Å²) in [6, 6.07) is 35.4. The van der Waals surface area contributed by atoms with Gasteiger partial charge in [0.15, 0.2) is 6.23 Å². The maximum absolute atomic E-state index is 14.2. The highest BCUT2D eigenvalue weighted by Gasteiger charge is 2.54. The summed E-state index contributed by atoms with van der Waals surface area (Å²) in [7, 11) is -3.50. The third-order valence-corrected chi connectivity index (χ3v) is 11.0. The molecule has 1 heterocycles. The third-order valence-electron chi connectivity index (χ3n) is 8.01. The molecule has 0 saturated carbocycles. The van der Waals surface area contributed by atoms with Crippen molar-refractivity contribution in [2.24, 2.45) is 0 Å². The lowest BCUT2D eigenvalue weighted by Crippen LogP contribution is -2.65. The minimum atomic E-state index is -4.56. The van der Waals surface area contributed by atoms with Gasteiger partial charge in [-0.15, -0.1) is 0 Å². The minimum Gasteiger partial charge on any atom is -0.463 e. The molecule has 51 heavy (non-hydrogen) atoms. The Balaban J connectivity index is 1.60. The van der Waals surface area contributed by atoms with E-state index >= 15 is 0 Å². The second kappa shape index (κ2) is 18.2. The summed E-state index contributed by atoms with van der Waals surface area (Å²) >= 11 is 0.467. The molecule has 0 aromatic heterocycles. The molecule has 0 N–H and O–H groups in total. The number of ether oxygens (including phenoxy) is 5. The van der Waals surface area contributed by atoms with Crippen LogP contribution in [0.15, 0.2) is 126 Å². The van der Waals surface area contributed by atoms with Crippen LogP contribution in [-0.2, 0) is 67.9 Å². The van der Waals surface area contributed by atoms with E-state index in [1.807, 2.05) is 91.0 Å². The first-order valence-corrected chi connectivity index (χ1v) is 18.5. The molecule has 0 aliphatic carbocycles. The Morgan fingerprint density at radius 3 is 1.67 bits per heavy atom. The van der Waals surface area contributed by atoms with Crippen LogP contribution in [0, 0.1) is 0 Å². The summed E-state index contributed by atoms with van der Waals surface area (Å²) in [6.07, 6.45) is -4.75. The van der Waals surface area contributed by atoms with E-state index in [-0.39, 0.29) is 31.3 Å². The van der Waals surface area contributed by atoms with E-state index in [0.29, 0.717) is 16.1 Å². The summed E-state index contributed by atoms with van der Waals surface area (Å²) in [4.78, 5) is 39.1. The van der Waals surface area contributed by atoms with Crippen LogP contribution >= 0.6 is 11.8 Å². The molecule has 5 rings (SSSR count). The third kappa shape index (κ3) is 9.91. The van der Waals surface area contributed by atoms with Gasteiger partial charge in [-0.1, -0.05) is 121 Å². The zero-order valence-electron chi connectivity index (χ0n) is 28.1. The molecule has 1 aliphatic heterocycles. The predicted molar refractivity (Wildman–Crippen MR) is 189 cm³/mol. The lowest BCUT2D eigenvalue weighted by atomic mass is 9.99. The number of carbonyl (C=O) groups is 3. The number of sulfonamides is 1. The quantitative estimate of drug-likeness (QED) is 0.126. The fourth-order valence-corrected chi connectivity index (χ4v) is 8.28. The van der Waals surface area contributed by atoms with Crippen molar-refractivity contribution in [3.63, 3.8) is 0 Å². The Bertz CT molecular complexity index is 1830. The minimum absolute atomic E-state index is 0.0238. The first-order valence-electron chi connectivity index (χ1n) is 16.2. The molecule has 0 spiro atoms. The van der Waals surface area contributed by atoms with Crippen molar-refractivity contribution in [2.75, 3.05) is 13.7 Å². The van der Waals surface area contributed by atoms with E-state index in [9.17, 15) is 22.8 Å². The Labute approximate surface area is 301 Å². The highest BCUT2D eigenvalue weighted by atomic mass is 32.2. The number of carbonyl (C=O) groups excluding carboxylic acids is 3. The van der Waals surface area contributed by atoms with Crippen molar-refractivity contribution < 1.29 is 46.5 Å². The fourth-order valence-electron chi connectivity index (χ4n) is 5.58. The monoisotopic (exact) mass is 733 g/mol. The van der Waals surface area contributed by atoms with Gasteiger partial charge in [0.25, 0.3) is 15.1 Å². The van der Waals surface area contributed by atoms with Gasteiger partial charge in [0, 0.05) is 6.92 Å². The van der Waals surface area contributed by atoms with Crippen molar-refractivity contribution in [3.05, 3.63) is 138 Å². The van der Waals surface area contributed by atoms with Crippen LogP contribution in [0.25, 0.3) is 0 Å². The number of hydrogen-bond acceptors (Lipinski definition) is 11. The van der Waals surface area contributed by atoms with Crippen LogP contribution in [-0.4, -0.2) is 73.2 Å². The number of rotatable bonds is 14. The number of benzene rings is 4. The molecular formula is C38H39NO10S2. The molecule has 1 fully saturated rings. The number of hydrogen-bond donors (Lipinski definition) is 0. The number of esters is 1. The van der Waals surface area contributed by atoms with Gasteiger partial charge in [0.1, 0.15) is 18.3 Å². The number of thioether (sulfide) groups is 1. The van der Waals surface area contributed by atoms with Crippen LogP contribution in [0.1, 0.15) is 23.6 Å². The molecule has 1 amide bonds. The molecule has 5 atom stereocenters. The fraction of sp³-hybridized carbons (Fsp3) is 0.289. The molecule has 4 aromatic rings. The van der Waals surface area contributed by atoms with Crippen molar-refractivity contribution in [3.8, 4) is 0 Å². The van der Waals surface area contributed by atoms with E-state index in [1.165, 1.54) is 24.3 Å². The highest BCUT2D eigenvalue weighted by molar-refractivity contribution is 8.16. The Morgan fingerprint density at radius 2 is 1.18 bits per heavy atom. The average Bonchev–Trinajstić information content (AvgIpc) is 3.15. The second-order valence-electron chi connectivity index (χ2n) is 11.6. The maximum Gasteiger partial charge on any atom is 0.385 e. The van der Waals surface area contributed by atoms with Crippen LogP contribution in [0.2, 0.25) is 0 Å². The molecule has 268 valence electrons. The topological polar surface area (TPSA) is 135 Å². The molecule has 4 aromatic carbocycles. The van der Waals surface area contributed by atoms with Crippen LogP contribution in [0.4, 0.5) is 0 Å². The Morgan fingerprint density at radius 1 is 0.706 bits per heavy atom. The predicted octanol–water partition coefficient (Wildman–Crippen LogP) is 5.14. The van der Waals surface area contributed by atoms with Crippen LogP contribution < -0.4 is 0 Å². The van der Waals surface area contributed by atoms with Gasteiger partial charge in [-0.3, -0.25) is 9.59 Å². The molecular weight excluding hydrogens is 695 g/mol. The maximum atomic E-state index is 14.2. The van der Waals surface area contributed by atoms with E-state index in [1.54, 1.807) is 6.07 Å². The molecule has 1 saturated heterocycles. The van der Waals surface area contributed by atoms with Gasteiger partial charge >= 0.3 is 5.97 Å². The van der Waals surface area contributed by atoms with Crippen LogP contribution in [0.3, 0.4) is 0 Å². The summed E-state index contributed by atoms with van der Waals surface area (Å²) in [5.41, 5.74) is 2.50. The Kier molecular flexibility index (Phi) is 13.5. The molecule has 0 bridgehead atoms. The van der Waals surface area contributed by atoms with Gasteiger partial charge in [0.05, 0.1) is 43.7 Å². The second-order valence-corrected chi connectivity index (χ2v) is 14.5. The Hall–Kier alpha value is -4.37. The lowest BCUT2D eigenvalue weighted by Gasteiger charge is -2.48. The number of methoxy groups -OCH3 is 1. The zero-order chi connectivity index (χ0) is 36.2. The molecule has 0 unspecified atom stereocenters. The van der Waals surface area contributed by atoms with Crippen molar-refractivity contribution in [2.45, 2.75) is 61.4 Å². The van der Waals surface area contributed by atoms with Gasteiger partial charge < -0.3 is 23.7 Å². The van der Waals surface area contributed by atoms with E-state index in [2.05, 4.69) is 0 Å². The molecule has 1 aliphatic rings. The van der Waals surface area contributed by atoms with Gasteiger partial charge in [-0.25, -0.2) is 17.5 Å². The zero-order valence-corrected chi connectivity index (χ0v) is 29.7. The summed E-state index contributed by atoms with van der Waals surface area (Å²) < 4.78 is 59.5. The van der Waals surface area contributed by atoms with Crippen molar-refractivity contribution in [1.82, 2.24) is 4.31 Å². The number of amides is 1. The van der Waals surface area contributed by atoms with Gasteiger partial charge in [-0.2, -0.15) is 0 Å². The SMILES string of the molecule is COC(=O)C(=O)S[C@@H]1[C@@H](OCc2ccccc2)[C@H](OCc2ccccc2)[C@@H](COCc2ccccc2)O[C@@H]1N(C(C)=O)S(=O)(=O)c1ccccc1. The van der Waals surface area contributed by atoms with Crippen molar-refractivity contribution >= 4 is 38.8 Å². The smallest absolute Gasteiger partial charge is 0.385 e. The van der Waals surface area contributed by atoms with Gasteiger partial charge in [-0.05, 0) is 28.8 Å².